The normalized spacial score (nSPS) is 19.6. The van der Waals surface area contributed by atoms with Crippen molar-refractivity contribution < 1.29 is 0 Å². The lowest BCUT2D eigenvalue weighted by Crippen LogP contribution is -2.31. The zero-order valence-electron chi connectivity index (χ0n) is 11.7. The topological polar surface area (TPSA) is 31.4 Å². The third-order valence-corrected chi connectivity index (χ3v) is 3.56. The van der Waals surface area contributed by atoms with Gasteiger partial charge in [-0.1, -0.05) is 6.92 Å². The molecule has 1 atom stereocenters. The van der Waals surface area contributed by atoms with E-state index >= 15 is 0 Å². The highest BCUT2D eigenvalue weighted by Crippen LogP contribution is 2.23. The monoisotopic (exact) mass is 248 g/mol. The molecule has 2 heterocycles. The molecule has 0 aliphatic carbocycles. The van der Waals surface area contributed by atoms with Crippen molar-refractivity contribution in [2.75, 3.05) is 43.9 Å². The van der Waals surface area contributed by atoms with Crippen LogP contribution >= 0.6 is 0 Å². The van der Waals surface area contributed by atoms with Crippen molar-refractivity contribution in [3.05, 3.63) is 18.3 Å². The van der Waals surface area contributed by atoms with Crippen molar-refractivity contribution in [3.8, 4) is 0 Å². The summed E-state index contributed by atoms with van der Waals surface area (Å²) < 4.78 is 0. The van der Waals surface area contributed by atoms with Gasteiger partial charge in [0.25, 0.3) is 0 Å². The summed E-state index contributed by atoms with van der Waals surface area (Å²) in [5.74, 6) is 0.989. The second kappa shape index (κ2) is 6.05. The largest absolute Gasteiger partial charge is 0.370 e. The van der Waals surface area contributed by atoms with E-state index < -0.39 is 0 Å². The van der Waals surface area contributed by atoms with Crippen molar-refractivity contribution in [2.45, 2.75) is 25.8 Å². The van der Waals surface area contributed by atoms with E-state index in [0.717, 1.165) is 31.9 Å². The number of anilines is 2. The number of aromatic nitrogens is 1. The molecule has 1 unspecified atom stereocenters. The van der Waals surface area contributed by atoms with Crippen LogP contribution < -0.4 is 10.2 Å². The molecule has 1 aliphatic heterocycles. The fourth-order valence-corrected chi connectivity index (χ4v) is 2.36. The Morgan fingerprint density at radius 2 is 2.33 bits per heavy atom. The molecule has 2 rings (SSSR count). The van der Waals surface area contributed by atoms with Gasteiger partial charge in [0, 0.05) is 43.6 Å². The van der Waals surface area contributed by atoms with E-state index in [4.69, 9.17) is 0 Å². The van der Waals surface area contributed by atoms with Gasteiger partial charge in [-0.2, -0.15) is 0 Å². The molecular weight excluding hydrogens is 224 g/mol. The number of hydrogen-bond acceptors (Lipinski definition) is 4. The van der Waals surface area contributed by atoms with Crippen molar-refractivity contribution in [2.24, 2.45) is 0 Å². The molecule has 0 saturated carbocycles. The van der Waals surface area contributed by atoms with Crippen LogP contribution in [0, 0.1) is 0 Å². The van der Waals surface area contributed by atoms with Gasteiger partial charge in [-0.15, -0.1) is 0 Å². The van der Waals surface area contributed by atoms with E-state index in [-0.39, 0.29) is 0 Å². The zero-order valence-corrected chi connectivity index (χ0v) is 11.7. The fourth-order valence-electron chi connectivity index (χ4n) is 2.36. The molecule has 1 saturated heterocycles. The molecule has 1 aliphatic rings. The van der Waals surface area contributed by atoms with Gasteiger partial charge < -0.3 is 15.1 Å². The van der Waals surface area contributed by atoms with Crippen LogP contribution in [0.15, 0.2) is 18.3 Å². The second-order valence-electron chi connectivity index (χ2n) is 5.18. The van der Waals surface area contributed by atoms with Crippen molar-refractivity contribution in [3.63, 3.8) is 0 Å². The third kappa shape index (κ3) is 3.13. The molecule has 4 heteroatoms. The van der Waals surface area contributed by atoms with E-state index in [0.29, 0.717) is 6.04 Å². The van der Waals surface area contributed by atoms with Crippen LogP contribution in [-0.2, 0) is 0 Å². The Bertz CT molecular complexity index is 378. The van der Waals surface area contributed by atoms with Gasteiger partial charge >= 0.3 is 0 Å². The minimum absolute atomic E-state index is 0.671. The van der Waals surface area contributed by atoms with Gasteiger partial charge in [-0.05, 0) is 33.0 Å². The molecule has 0 amide bonds. The molecule has 100 valence electrons. The predicted molar refractivity (Wildman–Crippen MR) is 77.3 cm³/mol. The van der Waals surface area contributed by atoms with Crippen LogP contribution in [-0.4, -0.2) is 49.7 Å². The minimum Gasteiger partial charge on any atom is -0.370 e. The highest BCUT2D eigenvalue weighted by atomic mass is 15.2. The smallest absolute Gasteiger partial charge is 0.127 e. The summed E-state index contributed by atoms with van der Waals surface area (Å²) in [4.78, 5) is 9.12. The SMILES string of the molecule is CCCNc1cc(N2CCC(N(C)C)C2)ccn1. The van der Waals surface area contributed by atoms with Crippen molar-refractivity contribution in [1.82, 2.24) is 9.88 Å². The van der Waals surface area contributed by atoms with Crippen LogP contribution in [0.3, 0.4) is 0 Å². The Labute approximate surface area is 110 Å². The maximum absolute atomic E-state index is 4.35. The first kappa shape index (κ1) is 13.1. The van der Waals surface area contributed by atoms with E-state index in [1.54, 1.807) is 0 Å². The summed E-state index contributed by atoms with van der Waals surface area (Å²) in [7, 11) is 4.32. The third-order valence-electron chi connectivity index (χ3n) is 3.56. The van der Waals surface area contributed by atoms with Crippen molar-refractivity contribution in [1.29, 1.82) is 0 Å². The van der Waals surface area contributed by atoms with Gasteiger partial charge in [0.2, 0.25) is 0 Å². The molecule has 0 radical (unpaired) electrons. The highest BCUT2D eigenvalue weighted by molar-refractivity contribution is 5.54. The lowest BCUT2D eigenvalue weighted by Gasteiger charge is -2.22. The minimum atomic E-state index is 0.671. The number of nitrogens with zero attached hydrogens (tertiary/aromatic N) is 3. The van der Waals surface area contributed by atoms with E-state index in [9.17, 15) is 0 Å². The van der Waals surface area contributed by atoms with E-state index in [2.05, 4.69) is 53.3 Å². The lowest BCUT2D eigenvalue weighted by atomic mass is 10.2. The summed E-state index contributed by atoms with van der Waals surface area (Å²) in [6, 6.07) is 4.94. The fraction of sp³-hybridized carbons (Fsp3) is 0.643. The van der Waals surface area contributed by atoms with Gasteiger partial charge in [0.15, 0.2) is 0 Å². The first-order valence-corrected chi connectivity index (χ1v) is 6.82. The van der Waals surface area contributed by atoms with Gasteiger partial charge in [-0.3, -0.25) is 0 Å². The van der Waals surface area contributed by atoms with E-state index in [1.165, 1.54) is 12.1 Å². The molecule has 1 N–H and O–H groups in total. The Morgan fingerprint density at radius 1 is 1.50 bits per heavy atom. The predicted octanol–water partition coefficient (Wildman–Crippen LogP) is 2.04. The summed E-state index contributed by atoms with van der Waals surface area (Å²) in [6.45, 7) is 5.40. The quantitative estimate of drug-likeness (QED) is 0.864. The van der Waals surface area contributed by atoms with Gasteiger partial charge in [0.1, 0.15) is 5.82 Å². The van der Waals surface area contributed by atoms with E-state index in [1.807, 2.05) is 6.20 Å². The number of rotatable bonds is 5. The van der Waals surface area contributed by atoms with Crippen LogP contribution in [0.25, 0.3) is 0 Å². The summed E-state index contributed by atoms with van der Waals surface area (Å²) in [5.41, 5.74) is 1.29. The van der Waals surface area contributed by atoms with Crippen LogP contribution in [0.1, 0.15) is 19.8 Å². The van der Waals surface area contributed by atoms with Gasteiger partial charge in [-0.25, -0.2) is 4.98 Å². The van der Waals surface area contributed by atoms with Crippen molar-refractivity contribution >= 4 is 11.5 Å². The number of nitrogens with one attached hydrogen (secondary N) is 1. The van der Waals surface area contributed by atoms with Crippen LogP contribution in [0.2, 0.25) is 0 Å². The Balaban J connectivity index is 2.01. The van der Waals surface area contributed by atoms with Gasteiger partial charge in [0.05, 0.1) is 0 Å². The maximum Gasteiger partial charge on any atom is 0.127 e. The molecule has 18 heavy (non-hydrogen) atoms. The molecule has 4 nitrogen and oxygen atoms in total. The lowest BCUT2D eigenvalue weighted by molar-refractivity contribution is 0.315. The number of likely N-dealkylation sites (N-methyl/N-ethyl adjacent to an activating group) is 1. The molecule has 1 aromatic heterocycles. The van der Waals surface area contributed by atoms with Crippen LogP contribution in [0.4, 0.5) is 11.5 Å². The zero-order chi connectivity index (χ0) is 13.0. The number of hydrogen-bond donors (Lipinski definition) is 1. The molecule has 0 spiro atoms. The molecule has 0 aromatic carbocycles. The first-order chi connectivity index (χ1) is 8.70. The second-order valence-corrected chi connectivity index (χ2v) is 5.18. The molecule has 0 bridgehead atoms. The molecular formula is C14H24N4. The summed E-state index contributed by atoms with van der Waals surface area (Å²) in [6.07, 6.45) is 4.27. The Hall–Kier alpha value is -1.29. The summed E-state index contributed by atoms with van der Waals surface area (Å²) in [5, 5.41) is 3.34. The molecule has 1 aromatic rings. The standard InChI is InChI=1S/C14H24N4/c1-4-7-15-14-10-12(5-8-16-14)18-9-6-13(11-18)17(2)3/h5,8,10,13H,4,6-7,9,11H2,1-3H3,(H,15,16). The average molecular weight is 248 g/mol. The van der Waals surface area contributed by atoms with Crippen LogP contribution in [0.5, 0.6) is 0 Å². The number of pyridine rings is 1. The average Bonchev–Trinajstić information content (AvgIpc) is 2.86. The maximum atomic E-state index is 4.35. The highest BCUT2D eigenvalue weighted by Gasteiger charge is 2.24. The Kier molecular flexibility index (Phi) is 4.42. The molecule has 1 fully saturated rings. The first-order valence-electron chi connectivity index (χ1n) is 6.82. The Morgan fingerprint density at radius 3 is 3.00 bits per heavy atom. The summed E-state index contributed by atoms with van der Waals surface area (Å²) >= 11 is 0.